The second-order valence-corrected chi connectivity index (χ2v) is 10.8. The van der Waals surface area contributed by atoms with E-state index in [2.05, 4.69) is 25.8 Å². The predicted molar refractivity (Wildman–Crippen MR) is 154 cm³/mol. The van der Waals surface area contributed by atoms with E-state index in [1.165, 1.54) is 0 Å². The van der Waals surface area contributed by atoms with Crippen molar-refractivity contribution < 1.29 is 24.0 Å². The minimum Gasteiger partial charge on any atom is -0.383 e. The predicted octanol–water partition coefficient (Wildman–Crippen LogP) is 1.69. The van der Waals surface area contributed by atoms with E-state index in [-0.39, 0.29) is 30.0 Å². The van der Waals surface area contributed by atoms with Gasteiger partial charge in [0.25, 0.3) is 11.8 Å². The Labute approximate surface area is 241 Å². The number of amides is 6. The van der Waals surface area contributed by atoms with Crippen LogP contribution >= 0.6 is 0 Å². The number of urea groups is 1. The lowest BCUT2D eigenvalue weighted by Gasteiger charge is -2.37. The molecular weight excluding hydrogens is 540 g/mol. The summed E-state index contributed by atoms with van der Waals surface area (Å²) in [5.41, 5.74) is 2.97. The van der Waals surface area contributed by atoms with Crippen LogP contribution < -0.4 is 20.9 Å². The molecule has 1 aromatic carbocycles. The quantitative estimate of drug-likeness (QED) is 0.246. The minimum absolute atomic E-state index is 0.0696. The molecule has 0 saturated carbocycles. The van der Waals surface area contributed by atoms with Crippen molar-refractivity contribution >= 4 is 52.2 Å². The molecule has 6 rings (SSSR count). The molecule has 218 valence electrons. The highest BCUT2D eigenvalue weighted by molar-refractivity contribution is 6.23. The summed E-state index contributed by atoms with van der Waals surface area (Å²) in [6.07, 6.45) is 3.73. The lowest BCUT2D eigenvalue weighted by atomic mass is 10.0. The van der Waals surface area contributed by atoms with E-state index in [4.69, 9.17) is 4.98 Å². The lowest BCUT2D eigenvalue weighted by molar-refractivity contribution is -0.136. The van der Waals surface area contributed by atoms with E-state index in [1.807, 2.05) is 36.3 Å². The second-order valence-electron chi connectivity index (χ2n) is 10.8. The number of nitrogens with zero attached hydrogens (tertiary/aromatic N) is 4. The average molecular weight is 573 g/mol. The number of piperidine rings is 2. The third-order valence-corrected chi connectivity index (χ3v) is 8.22. The van der Waals surface area contributed by atoms with Crippen molar-refractivity contribution in [2.24, 2.45) is 0 Å². The van der Waals surface area contributed by atoms with Crippen LogP contribution in [0.3, 0.4) is 0 Å². The van der Waals surface area contributed by atoms with Gasteiger partial charge in [-0.25, -0.2) is 9.78 Å². The van der Waals surface area contributed by atoms with Crippen molar-refractivity contribution in [2.75, 3.05) is 43.4 Å². The van der Waals surface area contributed by atoms with E-state index in [1.54, 1.807) is 18.2 Å². The summed E-state index contributed by atoms with van der Waals surface area (Å²) in [5, 5.41) is 8.30. The van der Waals surface area contributed by atoms with E-state index in [0.717, 1.165) is 34.6 Å². The molecule has 3 aromatic rings. The molecule has 3 aliphatic rings. The Balaban J connectivity index is 0.962. The number of carbonyl (C=O) groups excluding carboxylic acids is 5. The number of hydrogen-bond donors (Lipinski definition) is 4. The van der Waals surface area contributed by atoms with Gasteiger partial charge in [0.05, 0.1) is 22.2 Å². The lowest BCUT2D eigenvalue weighted by Crippen LogP contribution is -2.54. The van der Waals surface area contributed by atoms with E-state index in [9.17, 15) is 24.0 Å². The van der Waals surface area contributed by atoms with Gasteiger partial charge in [-0.05, 0) is 55.7 Å². The first-order chi connectivity index (χ1) is 20.3. The molecule has 5 heterocycles. The van der Waals surface area contributed by atoms with Crippen LogP contribution in [-0.4, -0.2) is 94.7 Å². The maximum absolute atomic E-state index is 13.0. The number of rotatable bonds is 7. The van der Waals surface area contributed by atoms with E-state index in [0.29, 0.717) is 37.9 Å². The summed E-state index contributed by atoms with van der Waals surface area (Å²) in [7, 11) is 2.04. The Hall–Kier alpha value is -4.94. The molecule has 0 radical (unpaired) electrons. The van der Waals surface area contributed by atoms with Gasteiger partial charge in [-0.2, -0.15) is 0 Å². The standard InChI is InChI=1S/C29H32N8O5/c1-35(24-6-4-21-22(33-24)8-11-31-21)18-9-14-36(15-10-18)29(42)32-13-12-30-17-2-3-19-20(16-17)28(41)37(27(19)40)23-5-7-25(38)34-26(23)39/h2-4,6,8,11,16,18,23,30-31H,5,7,9-10,12-15H2,1H3,(H,32,42)(H,34,38,39). The molecule has 13 heteroatoms. The fraction of sp³-hybridized carbons (Fsp3) is 0.379. The number of fused-ring (bicyclic) bond motifs is 2. The largest absolute Gasteiger partial charge is 0.383 e. The van der Waals surface area contributed by atoms with E-state index < -0.39 is 29.7 Å². The maximum atomic E-state index is 13.0. The molecule has 2 saturated heterocycles. The zero-order valence-corrected chi connectivity index (χ0v) is 23.2. The summed E-state index contributed by atoms with van der Waals surface area (Å²) in [6.45, 7) is 2.07. The minimum atomic E-state index is -1.00. The van der Waals surface area contributed by atoms with Gasteiger partial charge in [0.15, 0.2) is 0 Å². The number of imide groups is 2. The third kappa shape index (κ3) is 5.13. The van der Waals surface area contributed by atoms with Crippen molar-refractivity contribution in [3.05, 3.63) is 53.7 Å². The van der Waals surface area contributed by atoms with Crippen LogP contribution in [0, 0.1) is 0 Å². The van der Waals surface area contributed by atoms with Crippen LogP contribution in [0.25, 0.3) is 11.0 Å². The van der Waals surface area contributed by atoms with Crippen LogP contribution in [0.4, 0.5) is 16.3 Å². The second kappa shape index (κ2) is 11.1. The van der Waals surface area contributed by atoms with Crippen molar-refractivity contribution in [1.29, 1.82) is 0 Å². The number of likely N-dealkylation sites (tertiary alicyclic amines) is 1. The average Bonchev–Trinajstić information content (AvgIpc) is 3.56. The number of hydrogen-bond acceptors (Lipinski definition) is 8. The normalized spacial score (nSPS) is 19.2. The summed E-state index contributed by atoms with van der Waals surface area (Å²) in [5.74, 6) is -1.25. The molecule has 1 unspecified atom stereocenters. The number of aromatic amines is 1. The summed E-state index contributed by atoms with van der Waals surface area (Å²) >= 11 is 0. The number of aromatic nitrogens is 2. The van der Waals surface area contributed by atoms with Gasteiger partial charge >= 0.3 is 6.03 Å². The monoisotopic (exact) mass is 572 g/mol. The third-order valence-electron chi connectivity index (χ3n) is 8.22. The highest BCUT2D eigenvalue weighted by atomic mass is 16.2. The molecule has 4 N–H and O–H groups in total. The molecule has 0 aliphatic carbocycles. The van der Waals surface area contributed by atoms with Crippen LogP contribution in [0.15, 0.2) is 42.6 Å². The number of pyridine rings is 1. The molecule has 6 amide bonds. The van der Waals surface area contributed by atoms with Gasteiger partial charge in [0.2, 0.25) is 11.8 Å². The Morgan fingerprint density at radius 3 is 2.57 bits per heavy atom. The van der Waals surface area contributed by atoms with Crippen molar-refractivity contribution in [3.63, 3.8) is 0 Å². The van der Waals surface area contributed by atoms with Gasteiger partial charge in [-0.3, -0.25) is 29.4 Å². The number of anilines is 2. The molecule has 13 nitrogen and oxygen atoms in total. The Morgan fingerprint density at radius 2 is 1.79 bits per heavy atom. The number of benzene rings is 1. The van der Waals surface area contributed by atoms with Crippen LogP contribution in [0.5, 0.6) is 0 Å². The van der Waals surface area contributed by atoms with Gasteiger partial charge in [-0.15, -0.1) is 0 Å². The molecular formula is C29H32N8O5. The van der Waals surface area contributed by atoms with Crippen molar-refractivity contribution in [2.45, 2.75) is 37.8 Å². The number of nitrogens with one attached hydrogen (secondary N) is 4. The molecule has 0 bridgehead atoms. The highest BCUT2D eigenvalue weighted by Gasteiger charge is 2.44. The topological polar surface area (TPSA) is 160 Å². The number of H-pyrrole nitrogens is 1. The first-order valence-corrected chi connectivity index (χ1v) is 14.1. The van der Waals surface area contributed by atoms with Gasteiger partial charge in [-0.1, -0.05) is 0 Å². The summed E-state index contributed by atoms with van der Waals surface area (Å²) in [6, 6.07) is 9.97. The van der Waals surface area contributed by atoms with Crippen molar-refractivity contribution in [3.8, 4) is 0 Å². The molecule has 42 heavy (non-hydrogen) atoms. The zero-order chi connectivity index (χ0) is 29.4. The van der Waals surface area contributed by atoms with Crippen molar-refractivity contribution in [1.82, 2.24) is 30.4 Å². The van der Waals surface area contributed by atoms with E-state index >= 15 is 0 Å². The highest BCUT2D eigenvalue weighted by Crippen LogP contribution is 2.29. The molecule has 2 aromatic heterocycles. The molecule has 2 fully saturated rings. The first kappa shape index (κ1) is 27.2. The summed E-state index contributed by atoms with van der Waals surface area (Å²) < 4.78 is 0. The van der Waals surface area contributed by atoms with Gasteiger partial charge in [0.1, 0.15) is 11.9 Å². The van der Waals surface area contributed by atoms with Crippen LogP contribution in [0.2, 0.25) is 0 Å². The van der Waals surface area contributed by atoms with Crippen LogP contribution in [-0.2, 0) is 9.59 Å². The van der Waals surface area contributed by atoms with Gasteiger partial charge in [0, 0.05) is 57.6 Å². The maximum Gasteiger partial charge on any atom is 0.317 e. The molecule has 0 spiro atoms. The van der Waals surface area contributed by atoms with Gasteiger partial charge < -0.3 is 25.4 Å². The fourth-order valence-corrected chi connectivity index (χ4v) is 5.83. The Morgan fingerprint density at radius 1 is 1.00 bits per heavy atom. The molecule has 1 atom stereocenters. The number of carbonyl (C=O) groups is 5. The molecule has 3 aliphatic heterocycles. The zero-order valence-electron chi connectivity index (χ0n) is 23.2. The van der Waals surface area contributed by atoms with Crippen LogP contribution in [0.1, 0.15) is 46.4 Å². The Kier molecular flexibility index (Phi) is 7.23. The fourth-order valence-electron chi connectivity index (χ4n) is 5.83. The first-order valence-electron chi connectivity index (χ1n) is 14.1. The smallest absolute Gasteiger partial charge is 0.317 e. The Bertz CT molecular complexity index is 1580. The summed E-state index contributed by atoms with van der Waals surface area (Å²) in [4.78, 5) is 75.2. The SMILES string of the molecule is CN(c1ccc2[nH]ccc2n1)C1CCN(C(=O)NCCNc2ccc3c(c2)C(=O)N(C2CCC(=O)NC2=O)C3=O)CC1.